The Balaban J connectivity index is 2.07. The highest BCUT2D eigenvalue weighted by Crippen LogP contribution is 2.39. The molecule has 0 spiro atoms. The van der Waals surface area contributed by atoms with Crippen LogP contribution in [0.25, 0.3) is 0 Å². The molecule has 6 nitrogen and oxygen atoms in total. The molecule has 1 heterocycles. The van der Waals surface area contributed by atoms with E-state index in [-0.39, 0.29) is 18.2 Å². The van der Waals surface area contributed by atoms with E-state index in [1.807, 2.05) is 18.2 Å². The Kier molecular flexibility index (Phi) is 4.52. The fourth-order valence-electron chi connectivity index (χ4n) is 2.68. The summed E-state index contributed by atoms with van der Waals surface area (Å²) in [4.78, 5) is 37.7. The summed E-state index contributed by atoms with van der Waals surface area (Å²) >= 11 is 0. The van der Waals surface area contributed by atoms with Gasteiger partial charge in [0.25, 0.3) is 5.91 Å². The molecule has 1 atom stereocenters. The van der Waals surface area contributed by atoms with Gasteiger partial charge in [-0.3, -0.25) is 19.3 Å². The van der Waals surface area contributed by atoms with Gasteiger partial charge in [0.15, 0.2) is 5.78 Å². The fraction of sp³-hybridized carbons (Fsp3) is 0.211. The van der Waals surface area contributed by atoms with Crippen molar-refractivity contribution in [3.05, 3.63) is 59.7 Å². The second-order valence-electron chi connectivity index (χ2n) is 5.65. The van der Waals surface area contributed by atoms with Crippen molar-refractivity contribution in [1.82, 2.24) is 0 Å². The Morgan fingerprint density at radius 2 is 1.88 bits per heavy atom. The van der Waals surface area contributed by atoms with Crippen LogP contribution in [0.5, 0.6) is 5.75 Å². The highest BCUT2D eigenvalue weighted by molar-refractivity contribution is 6.05. The summed E-state index contributed by atoms with van der Waals surface area (Å²) in [5.41, 5.74) is 1.50. The molecule has 0 aliphatic carbocycles. The van der Waals surface area contributed by atoms with Gasteiger partial charge in [-0.25, -0.2) is 0 Å². The molecule has 0 radical (unpaired) electrons. The van der Waals surface area contributed by atoms with E-state index in [1.165, 1.54) is 18.9 Å². The smallest absolute Gasteiger partial charge is 0.325 e. The van der Waals surface area contributed by atoms with E-state index in [4.69, 9.17) is 9.47 Å². The zero-order valence-corrected chi connectivity index (χ0v) is 13.9. The maximum absolute atomic E-state index is 12.9. The summed E-state index contributed by atoms with van der Waals surface area (Å²) in [6, 6.07) is 13.9. The Morgan fingerprint density at radius 3 is 2.52 bits per heavy atom. The Labute approximate surface area is 145 Å². The molecular formula is C19H17NO5. The molecule has 0 saturated carbocycles. The largest absolute Gasteiger partial charge is 0.474 e. The number of hydrogen-bond acceptors (Lipinski definition) is 5. The van der Waals surface area contributed by atoms with Crippen LogP contribution in [-0.4, -0.2) is 31.3 Å². The standard InChI is InChI=1S/C19H17NO5/c1-12(21)14-8-9-16-15(10-14)20(11-17(22)24-2)19(23)18(25-16)13-6-4-3-5-7-13/h3-10,18H,11H2,1-2H3. The van der Waals surface area contributed by atoms with Crippen LogP contribution in [0, 0.1) is 0 Å². The normalized spacial score (nSPS) is 16.0. The predicted molar refractivity (Wildman–Crippen MR) is 90.6 cm³/mol. The van der Waals surface area contributed by atoms with Gasteiger partial charge in [0.2, 0.25) is 6.10 Å². The minimum atomic E-state index is -0.860. The average Bonchev–Trinajstić information content (AvgIpc) is 2.63. The van der Waals surface area contributed by atoms with Crippen molar-refractivity contribution in [2.24, 2.45) is 0 Å². The summed E-state index contributed by atoms with van der Waals surface area (Å²) in [6.07, 6.45) is -0.860. The lowest BCUT2D eigenvalue weighted by atomic mass is 10.0. The number of rotatable bonds is 4. The van der Waals surface area contributed by atoms with Crippen molar-refractivity contribution in [2.75, 3.05) is 18.6 Å². The SMILES string of the molecule is COC(=O)CN1C(=O)C(c2ccccc2)Oc2ccc(C(C)=O)cc21. The summed E-state index contributed by atoms with van der Waals surface area (Å²) in [6.45, 7) is 1.18. The number of carbonyl (C=O) groups excluding carboxylic acids is 3. The fourth-order valence-corrected chi connectivity index (χ4v) is 2.68. The van der Waals surface area contributed by atoms with E-state index < -0.39 is 12.1 Å². The number of Topliss-reactive ketones (excluding diaryl/α,β-unsaturated/α-hetero) is 1. The number of benzene rings is 2. The van der Waals surface area contributed by atoms with E-state index in [0.717, 1.165) is 0 Å². The molecule has 128 valence electrons. The number of anilines is 1. The van der Waals surface area contributed by atoms with Crippen LogP contribution < -0.4 is 9.64 Å². The zero-order valence-electron chi connectivity index (χ0n) is 13.9. The second-order valence-corrected chi connectivity index (χ2v) is 5.65. The first kappa shape index (κ1) is 16.7. The van der Waals surface area contributed by atoms with Crippen LogP contribution in [0.3, 0.4) is 0 Å². The summed E-state index contributed by atoms with van der Waals surface area (Å²) < 4.78 is 10.6. The number of carbonyl (C=O) groups is 3. The Bertz CT molecular complexity index is 831. The lowest BCUT2D eigenvalue weighted by molar-refractivity contribution is -0.140. The molecular weight excluding hydrogens is 322 g/mol. The molecule has 0 N–H and O–H groups in total. The number of amides is 1. The van der Waals surface area contributed by atoms with Crippen molar-refractivity contribution >= 4 is 23.3 Å². The van der Waals surface area contributed by atoms with Gasteiger partial charge < -0.3 is 9.47 Å². The van der Waals surface area contributed by atoms with Gasteiger partial charge in [0, 0.05) is 11.1 Å². The van der Waals surface area contributed by atoms with Gasteiger partial charge in [0.1, 0.15) is 12.3 Å². The Morgan fingerprint density at radius 1 is 1.16 bits per heavy atom. The van der Waals surface area contributed by atoms with Gasteiger partial charge >= 0.3 is 5.97 Å². The van der Waals surface area contributed by atoms with Gasteiger partial charge in [-0.1, -0.05) is 30.3 Å². The molecule has 2 aromatic rings. The molecule has 1 amide bonds. The number of hydrogen-bond donors (Lipinski definition) is 0. The summed E-state index contributed by atoms with van der Waals surface area (Å²) in [5, 5.41) is 0. The summed E-state index contributed by atoms with van der Waals surface area (Å²) in [7, 11) is 1.26. The molecule has 0 aromatic heterocycles. The molecule has 3 rings (SSSR count). The number of fused-ring (bicyclic) bond motifs is 1. The van der Waals surface area contributed by atoms with E-state index in [1.54, 1.807) is 30.3 Å². The van der Waals surface area contributed by atoms with Crippen molar-refractivity contribution in [3.8, 4) is 5.75 Å². The van der Waals surface area contributed by atoms with E-state index in [0.29, 0.717) is 22.6 Å². The van der Waals surface area contributed by atoms with E-state index in [9.17, 15) is 14.4 Å². The van der Waals surface area contributed by atoms with Crippen molar-refractivity contribution < 1.29 is 23.9 Å². The second kappa shape index (κ2) is 6.76. The maximum Gasteiger partial charge on any atom is 0.325 e. The van der Waals surface area contributed by atoms with Crippen molar-refractivity contribution in [2.45, 2.75) is 13.0 Å². The quantitative estimate of drug-likeness (QED) is 0.632. The molecule has 0 fully saturated rings. The molecule has 25 heavy (non-hydrogen) atoms. The van der Waals surface area contributed by atoms with Crippen LogP contribution in [0.2, 0.25) is 0 Å². The minimum Gasteiger partial charge on any atom is -0.474 e. The maximum atomic E-state index is 12.9. The van der Waals surface area contributed by atoms with E-state index in [2.05, 4.69) is 0 Å². The molecule has 0 bridgehead atoms. The van der Waals surface area contributed by atoms with Crippen molar-refractivity contribution in [1.29, 1.82) is 0 Å². The third kappa shape index (κ3) is 3.24. The predicted octanol–water partition coefficient (Wildman–Crippen LogP) is 2.53. The zero-order chi connectivity index (χ0) is 18.0. The van der Waals surface area contributed by atoms with Crippen LogP contribution in [0.1, 0.15) is 28.9 Å². The number of ether oxygens (including phenoxy) is 2. The number of methoxy groups -OCH3 is 1. The third-order valence-electron chi connectivity index (χ3n) is 4.01. The summed E-state index contributed by atoms with van der Waals surface area (Å²) in [5.74, 6) is -0.646. The first-order valence-electron chi connectivity index (χ1n) is 7.76. The minimum absolute atomic E-state index is 0.140. The Hall–Kier alpha value is -3.15. The molecule has 2 aromatic carbocycles. The molecule has 1 unspecified atom stereocenters. The van der Waals surface area contributed by atoms with Gasteiger partial charge in [-0.15, -0.1) is 0 Å². The number of nitrogens with zero attached hydrogens (tertiary/aromatic N) is 1. The highest BCUT2D eigenvalue weighted by Gasteiger charge is 2.37. The first-order valence-corrected chi connectivity index (χ1v) is 7.76. The molecule has 1 aliphatic heterocycles. The lowest BCUT2D eigenvalue weighted by Crippen LogP contribution is -2.44. The van der Waals surface area contributed by atoms with E-state index >= 15 is 0 Å². The van der Waals surface area contributed by atoms with Crippen molar-refractivity contribution in [3.63, 3.8) is 0 Å². The molecule has 0 saturated heterocycles. The van der Waals surface area contributed by atoms with Crippen LogP contribution >= 0.6 is 0 Å². The van der Waals surface area contributed by atoms with Gasteiger partial charge in [-0.2, -0.15) is 0 Å². The van der Waals surface area contributed by atoms with Crippen LogP contribution in [0.15, 0.2) is 48.5 Å². The number of ketones is 1. The van der Waals surface area contributed by atoms with Gasteiger partial charge in [-0.05, 0) is 25.1 Å². The molecule has 1 aliphatic rings. The third-order valence-corrected chi connectivity index (χ3v) is 4.01. The lowest BCUT2D eigenvalue weighted by Gasteiger charge is -2.34. The van der Waals surface area contributed by atoms with Crippen LogP contribution in [-0.2, 0) is 14.3 Å². The van der Waals surface area contributed by atoms with Crippen LogP contribution in [0.4, 0.5) is 5.69 Å². The number of esters is 1. The van der Waals surface area contributed by atoms with Gasteiger partial charge in [0.05, 0.1) is 12.8 Å². The monoisotopic (exact) mass is 339 g/mol. The topological polar surface area (TPSA) is 72.9 Å². The first-order chi connectivity index (χ1) is 12.0. The molecule has 6 heteroatoms. The average molecular weight is 339 g/mol. The highest BCUT2D eigenvalue weighted by atomic mass is 16.5.